The van der Waals surface area contributed by atoms with Crippen LogP contribution in [0, 0.1) is 19.4 Å². The molecular formula is C6H11NY-2. The Balaban J connectivity index is 0.000000490. The molecule has 0 aromatic rings. The maximum absolute atomic E-state index is 3.76. The van der Waals surface area contributed by atoms with Crippen molar-refractivity contribution in [3.05, 3.63) is 13.5 Å². The number of hydrogen-bond donors (Lipinski definition) is 1. The topological polar surface area (TPSA) is 12.0 Å². The van der Waals surface area contributed by atoms with E-state index in [-0.39, 0.29) is 32.7 Å². The van der Waals surface area contributed by atoms with Gasteiger partial charge in [0.25, 0.3) is 0 Å². The van der Waals surface area contributed by atoms with E-state index in [4.69, 9.17) is 0 Å². The van der Waals surface area contributed by atoms with Gasteiger partial charge in [-0.3, -0.25) is 6.54 Å². The Labute approximate surface area is 76.5 Å². The fourth-order valence-corrected chi connectivity index (χ4v) is 0.732. The van der Waals surface area contributed by atoms with Crippen LogP contribution in [0.15, 0.2) is 0 Å². The normalized spacial score (nSPS) is 25.9. The molecule has 1 nitrogen and oxygen atoms in total. The second-order valence-corrected chi connectivity index (χ2v) is 1.98. The Kier molecular flexibility index (Phi) is 5.55. The minimum Gasteiger partial charge on any atom is -0.471 e. The first-order chi connectivity index (χ1) is 3.43. The predicted molar refractivity (Wildman–Crippen MR) is 30.4 cm³/mol. The first-order valence-electron chi connectivity index (χ1n) is 2.79. The standard InChI is InChI=1S/C6H11N.Y/c1-2-3-6-4-7-5-6;/h4,6-7H,1-3,5H2;/q-2;. The molecule has 0 aromatic carbocycles. The van der Waals surface area contributed by atoms with Gasteiger partial charge in [-0.1, -0.05) is 6.54 Å². The SMILES string of the molecule is [CH2-]CCC1[CH-]NC1.[Y]. The number of nitrogens with one attached hydrogen (secondary N) is 1. The zero-order valence-corrected chi connectivity index (χ0v) is 7.90. The molecule has 0 aromatic heterocycles. The van der Waals surface area contributed by atoms with Crippen LogP contribution < -0.4 is 5.32 Å². The van der Waals surface area contributed by atoms with Crippen LogP contribution in [-0.2, 0) is 32.7 Å². The molecule has 1 fully saturated rings. The molecule has 0 spiro atoms. The Bertz CT molecular complexity index is 52.5. The second-order valence-electron chi connectivity index (χ2n) is 1.98. The van der Waals surface area contributed by atoms with E-state index < -0.39 is 0 Å². The summed E-state index contributed by atoms with van der Waals surface area (Å²) in [6.07, 6.45) is 2.33. The Morgan fingerprint density at radius 2 is 2.38 bits per heavy atom. The van der Waals surface area contributed by atoms with Gasteiger partial charge in [0.15, 0.2) is 0 Å². The van der Waals surface area contributed by atoms with E-state index in [0.717, 1.165) is 12.3 Å². The summed E-state index contributed by atoms with van der Waals surface area (Å²) in [7, 11) is 0. The molecule has 1 saturated heterocycles. The molecule has 8 heavy (non-hydrogen) atoms. The van der Waals surface area contributed by atoms with Crippen molar-refractivity contribution < 1.29 is 32.7 Å². The molecule has 0 amide bonds. The molecule has 2 heteroatoms. The van der Waals surface area contributed by atoms with E-state index in [1.54, 1.807) is 0 Å². The van der Waals surface area contributed by atoms with Crippen molar-refractivity contribution in [3.63, 3.8) is 0 Å². The van der Waals surface area contributed by atoms with Gasteiger partial charge in [0, 0.05) is 32.7 Å². The van der Waals surface area contributed by atoms with E-state index >= 15 is 0 Å². The molecule has 1 aliphatic heterocycles. The third-order valence-corrected chi connectivity index (χ3v) is 1.31. The Morgan fingerprint density at radius 3 is 2.50 bits per heavy atom. The number of hydrogen-bond acceptors (Lipinski definition) is 1. The fraction of sp³-hybridized carbons (Fsp3) is 0.667. The van der Waals surface area contributed by atoms with Gasteiger partial charge in [-0.2, -0.15) is 6.42 Å². The van der Waals surface area contributed by atoms with Crippen LogP contribution in [0.3, 0.4) is 0 Å². The summed E-state index contributed by atoms with van der Waals surface area (Å²) in [5, 5.41) is 3.09. The predicted octanol–water partition coefficient (Wildman–Crippen LogP) is 0.979. The van der Waals surface area contributed by atoms with E-state index in [2.05, 4.69) is 18.8 Å². The van der Waals surface area contributed by atoms with Crippen molar-refractivity contribution in [2.75, 3.05) is 6.54 Å². The zero-order valence-electron chi connectivity index (χ0n) is 5.06. The van der Waals surface area contributed by atoms with Gasteiger partial charge in [0.1, 0.15) is 0 Å². The third-order valence-electron chi connectivity index (χ3n) is 1.31. The fourth-order valence-electron chi connectivity index (χ4n) is 0.732. The summed E-state index contributed by atoms with van der Waals surface area (Å²) < 4.78 is 0. The second kappa shape index (κ2) is 4.90. The maximum Gasteiger partial charge on any atom is 0 e. The Hall–Kier alpha value is 1.06. The summed E-state index contributed by atoms with van der Waals surface area (Å²) in [4.78, 5) is 0. The van der Waals surface area contributed by atoms with Crippen LogP contribution in [0.25, 0.3) is 0 Å². The van der Waals surface area contributed by atoms with Gasteiger partial charge in [0.05, 0.1) is 0 Å². The van der Waals surface area contributed by atoms with Crippen LogP contribution in [0.1, 0.15) is 12.8 Å². The van der Waals surface area contributed by atoms with Crippen LogP contribution in [0.2, 0.25) is 0 Å². The monoisotopic (exact) mass is 186 g/mol. The smallest absolute Gasteiger partial charge is 0 e. The van der Waals surface area contributed by atoms with Gasteiger partial charge < -0.3 is 12.2 Å². The number of rotatable bonds is 2. The van der Waals surface area contributed by atoms with E-state index in [1.807, 2.05) is 0 Å². The van der Waals surface area contributed by atoms with Crippen LogP contribution in [-0.4, -0.2) is 6.54 Å². The maximum atomic E-state index is 3.76. The van der Waals surface area contributed by atoms with Gasteiger partial charge in [-0.15, -0.1) is 12.3 Å². The molecule has 1 radical (unpaired) electrons. The molecular weight excluding hydrogens is 175 g/mol. The molecule has 1 aliphatic rings. The van der Waals surface area contributed by atoms with Crippen molar-refractivity contribution >= 4 is 0 Å². The van der Waals surface area contributed by atoms with Gasteiger partial charge >= 0.3 is 0 Å². The first kappa shape index (κ1) is 9.06. The summed E-state index contributed by atoms with van der Waals surface area (Å²) in [6, 6.07) is 0. The Morgan fingerprint density at radius 1 is 1.75 bits per heavy atom. The van der Waals surface area contributed by atoms with Crippen molar-refractivity contribution in [1.82, 2.24) is 5.32 Å². The summed E-state index contributed by atoms with van der Waals surface area (Å²) in [5.74, 6) is 0.831. The molecule has 1 heterocycles. The largest absolute Gasteiger partial charge is 0.471 e. The molecule has 1 rings (SSSR count). The zero-order chi connectivity index (χ0) is 5.11. The average molecular weight is 186 g/mol. The van der Waals surface area contributed by atoms with E-state index in [1.165, 1.54) is 13.0 Å². The third kappa shape index (κ3) is 2.56. The van der Waals surface area contributed by atoms with Crippen LogP contribution >= 0.6 is 0 Å². The van der Waals surface area contributed by atoms with Crippen molar-refractivity contribution in [2.24, 2.45) is 5.92 Å². The molecule has 0 bridgehead atoms. The summed E-state index contributed by atoms with van der Waals surface area (Å²) in [6.45, 7) is 7.08. The van der Waals surface area contributed by atoms with Crippen molar-refractivity contribution in [2.45, 2.75) is 12.8 Å². The van der Waals surface area contributed by atoms with E-state index in [0.29, 0.717) is 0 Å². The summed E-state index contributed by atoms with van der Waals surface area (Å²) >= 11 is 0. The molecule has 0 saturated carbocycles. The molecule has 0 aliphatic carbocycles. The van der Waals surface area contributed by atoms with Gasteiger partial charge in [0.2, 0.25) is 0 Å². The first-order valence-corrected chi connectivity index (χ1v) is 2.79. The molecule has 1 atom stereocenters. The minimum atomic E-state index is 0. The molecule has 1 N–H and O–H groups in total. The minimum absolute atomic E-state index is 0. The summed E-state index contributed by atoms with van der Waals surface area (Å²) in [5.41, 5.74) is 0. The molecule has 45 valence electrons. The molecule has 1 unspecified atom stereocenters. The quantitative estimate of drug-likeness (QED) is 0.634. The van der Waals surface area contributed by atoms with Crippen molar-refractivity contribution in [1.29, 1.82) is 0 Å². The van der Waals surface area contributed by atoms with Crippen LogP contribution in [0.4, 0.5) is 0 Å². The van der Waals surface area contributed by atoms with Crippen molar-refractivity contribution in [3.8, 4) is 0 Å². The van der Waals surface area contributed by atoms with Gasteiger partial charge in [-0.05, 0) is 0 Å². The average Bonchev–Trinajstić information content (AvgIpc) is 1.55. The van der Waals surface area contributed by atoms with Gasteiger partial charge in [-0.25, -0.2) is 0 Å². The van der Waals surface area contributed by atoms with E-state index in [9.17, 15) is 0 Å². The van der Waals surface area contributed by atoms with Crippen LogP contribution in [0.5, 0.6) is 0 Å².